The van der Waals surface area contributed by atoms with E-state index in [1.807, 2.05) is 19.3 Å². The van der Waals surface area contributed by atoms with Crippen LogP contribution in [0, 0.1) is 0 Å². The summed E-state index contributed by atoms with van der Waals surface area (Å²) >= 11 is 0. The predicted octanol–water partition coefficient (Wildman–Crippen LogP) is 1.28. The van der Waals surface area contributed by atoms with E-state index >= 15 is 0 Å². The second-order valence-corrected chi connectivity index (χ2v) is 6.80. The molecule has 108 valence electrons. The maximum Gasteiger partial charge on any atom is 0.242 e. The van der Waals surface area contributed by atoms with Crippen LogP contribution in [0.1, 0.15) is 5.69 Å². The molecule has 6 nitrogen and oxygen atoms in total. The van der Waals surface area contributed by atoms with Crippen molar-refractivity contribution in [3.63, 3.8) is 0 Å². The molecule has 0 amide bonds. The average molecular weight is 294 g/mol. The highest BCUT2D eigenvalue weighted by molar-refractivity contribution is 7.89. The van der Waals surface area contributed by atoms with Gasteiger partial charge in [0.25, 0.3) is 0 Å². The van der Waals surface area contributed by atoms with E-state index < -0.39 is 10.0 Å². The quantitative estimate of drug-likeness (QED) is 0.902. The Morgan fingerprint density at radius 2 is 1.85 bits per heavy atom. The van der Waals surface area contributed by atoms with Gasteiger partial charge in [-0.25, -0.2) is 12.7 Å². The first-order chi connectivity index (χ1) is 9.39. The first-order valence-electron chi connectivity index (χ1n) is 6.14. The van der Waals surface area contributed by atoms with Crippen LogP contribution in [0.5, 0.6) is 0 Å². The third-order valence-electron chi connectivity index (χ3n) is 2.88. The molecule has 7 heteroatoms. The van der Waals surface area contributed by atoms with Gasteiger partial charge in [-0.05, 0) is 30.3 Å². The third kappa shape index (κ3) is 3.17. The zero-order chi connectivity index (χ0) is 14.8. The van der Waals surface area contributed by atoms with Crippen LogP contribution in [0.25, 0.3) is 0 Å². The Morgan fingerprint density at radius 1 is 1.20 bits per heavy atom. The van der Waals surface area contributed by atoms with E-state index in [4.69, 9.17) is 0 Å². The molecule has 0 aliphatic heterocycles. The van der Waals surface area contributed by atoms with E-state index in [-0.39, 0.29) is 4.90 Å². The van der Waals surface area contributed by atoms with E-state index in [2.05, 4.69) is 10.4 Å². The lowest BCUT2D eigenvalue weighted by Gasteiger charge is -2.12. The van der Waals surface area contributed by atoms with Gasteiger partial charge in [0.2, 0.25) is 10.0 Å². The van der Waals surface area contributed by atoms with Crippen molar-refractivity contribution >= 4 is 15.7 Å². The van der Waals surface area contributed by atoms with E-state index in [1.54, 1.807) is 28.9 Å². The Balaban J connectivity index is 2.05. The van der Waals surface area contributed by atoms with E-state index in [0.717, 1.165) is 11.4 Å². The maximum absolute atomic E-state index is 11.9. The summed E-state index contributed by atoms with van der Waals surface area (Å²) in [5.41, 5.74) is 1.78. The van der Waals surface area contributed by atoms with Gasteiger partial charge in [-0.2, -0.15) is 5.10 Å². The molecule has 0 radical (unpaired) electrons. The molecule has 0 aliphatic carbocycles. The molecule has 2 rings (SSSR count). The van der Waals surface area contributed by atoms with Gasteiger partial charge in [0.15, 0.2) is 0 Å². The fraction of sp³-hybridized carbons (Fsp3) is 0.308. The molecule has 2 aromatic rings. The molecule has 0 bridgehead atoms. The molecule has 0 saturated carbocycles. The fourth-order valence-corrected chi connectivity index (χ4v) is 2.61. The summed E-state index contributed by atoms with van der Waals surface area (Å²) in [6, 6.07) is 8.61. The molecule has 0 saturated heterocycles. The van der Waals surface area contributed by atoms with Crippen molar-refractivity contribution in [3.05, 3.63) is 42.2 Å². The summed E-state index contributed by atoms with van der Waals surface area (Å²) in [6.45, 7) is 0.598. The van der Waals surface area contributed by atoms with Gasteiger partial charge < -0.3 is 5.32 Å². The smallest absolute Gasteiger partial charge is 0.242 e. The average Bonchev–Trinajstić information content (AvgIpc) is 2.82. The van der Waals surface area contributed by atoms with Gasteiger partial charge in [0.1, 0.15) is 0 Å². The highest BCUT2D eigenvalue weighted by Gasteiger charge is 2.16. The highest BCUT2D eigenvalue weighted by Crippen LogP contribution is 2.16. The number of hydrogen-bond donors (Lipinski definition) is 1. The van der Waals surface area contributed by atoms with Crippen LogP contribution < -0.4 is 5.32 Å². The van der Waals surface area contributed by atoms with Gasteiger partial charge in [0, 0.05) is 33.0 Å². The standard InChI is InChI=1S/C13H18N4O2S/c1-16(2)20(18,19)13-6-4-11(5-7-13)14-10-12-8-9-17(3)15-12/h4-9,14H,10H2,1-3H3. The predicted molar refractivity (Wildman–Crippen MR) is 77.8 cm³/mol. The van der Waals surface area contributed by atoms with Crippen LogP contribution in [0.4, 0.5) is 5.69 Å². The molecule has 20 heavy (non-hydrogen) atoms. The lowest BCUT2D eigenvalue weighted by molar-refractivity contribution is 0.521. The lowest BCUT2D eigenvalue weighted by atomic mass is 10.3. The second-order valence-electron chi connectivity index (χ2n) is 4.65. The van der Waals surface area contributed by atoms with E-state index in [1.165, 1.54) is 18.4 Å². The van der Waals surface area contributed by atoms with Gasteiger partial charge >= 0.3 is 0 Å². The normalized spacial score (nSPS) is 11.8. The molecular weight excluding hydrogens is 276 g/mol. The Morgan fingerprint density at radius 3 is 2.35 bits per heavy atom. The van der Waals surface area contributed by atoms with Crippen molar-refractivity contribution < 1.29 is 8.42 Å². The number of rotatable bonds is 5. The van der Waals surface area contributed by atoms with Crippen molar-refractivity contribution in [2.75, 3.05) is 19.4 Å². The van der Waals surface area contributed by atoms with Crippen LogP contribution in [-0.2, 0) is 23.6 Å². The zero-order valence-electron chi connectivity index (χ0n) is 11.7. The summed E-state index contributed by atoms with van der Waals surface area (Å²) in [4.78, 5) is 0.283. The topological polar surface area (TPSA) is 67.2 Å². The van der Waals surface area contributed by atoms with Crippen LogP contribution in [0.3, 0.4) is 0 Å². The SMILES string of the molecule is CN(C)S(=O)(=O)c1ccc(NCc2ccn(C)n2)cc1. The monoisotopic (exact) mass is 294 g/mol. The number of aromatic nitrogens is 2. The summed E-state index contributed by atoms with van der Waals surface area (Å²) < 4.78 is 26.8. The first kappa shape index (κ1) is 14.5. The van der Waals surface area contributed by atoms with Crippen molar-refractivity contribution in [1.82, 2.24) is 14.1 Å². The molecule has 0 fully saturated rings. The lowest BCUT2D eigenvalue weighted by Crippen LogP contribution is -2.22. The van der Waals surface area contributed by atoms with E-state index in [0.29, 0.717) is 6.54 Å². The summed E-state index contributed by atoms with van der Waals surface area (Å²) in [5, 5.41) is 7.46. The van der Waals surface area contributed by atoms with E-state index in [9.17, 15) is 8.42 Å². The minimum absolute atomic E-state index is 0.283. The minimum atomic E-state index is -3.37. The van der Waals surface area contributed by atoms with Crippen LogP contribution >= 0.6 is 0 Å². The molecule has 1 aromatic carbocycles. The minimum Gasteiger partial charge on any atom is -0.379 e. The Hall–Kier alpha value is -1.86. The second kappa shape index (κ2) is 5.64. The molecule has 1 heterocycles. The fourth-order valence-electron chi connectivity index (χ4n) is 1.71. The number of aryl methyl sites for hydroxylation is 1. The number of benzene rings is 1. The molecular formula is C13H18N4O2S. The molecule has 0 spiro atoms. The number of nitrogens with zero attached hydrogens (tertiary/aromatic N) is 3. The van der Waals surface area contributed by atoms with Crippen molar-refractivity contribution in [3.8, 4) is 0 Å². The van der Waals surface area contributed by atoms with Crippen LogP contribution in [0.2, 0.25) is 0 Å². The number of sulfonamides is 1. The third-order valence-corrected chi connectivity index (χ3v) is 4.70. The Bertz CT molecular complexity index is 675. The number of nitrogens with one attached hydrogen (secondary N) is 1. The summed E-state index contributed by atoms with van der Waals surface area (Å²) in [6.07, 6.45) is 1.88. The molecule has 1 aromatic heterocycles. The number of hydrogen-bond acceptors (Lipinski definition) is 4. The first-order valence-corrected chi connectivity index (χ1v) is 7.58. The van der Waals surface area contributed by atoms with Gasteiger partial charge in [-0.15, -0.1) is 0 Å². The number of anilines is 1. The van der Waals surface area contributed by atoms with Crippen molar-refractivity contribution in [1.29, 1.82) is 0 Å². The van der Waals surface area contributed by atoms with Gasteiger partial charge in [0.05, 0.1) is 17.1 Å². The van der Waals surface area contributed by atoms with Crippen LogP contribution in [0.15, 0.2) is 41.4 Å². The molecule has 0 atom stereocenters. The highest BCUT2D eigenvalue weighted by atomic mass is 32.2. The molecule has 0 unspecified atom stereocenters. The van der Waals surface area contributed by atoms with Crippen molar-refractivity contribution in [2.45, 2.75) is 11.4 Å². The largest absolute Gasteiger partial charge is 0.379 e. The van der Waals surface area contributed by atoms with Gasteiger partial charge in [-0.1, -0.05) is 0 Å². The maximum atomic E-state index is 11.9. The molecule has 0 aliphatic rings. The summed E-state index contributed by atoms with van der Waals surface area (Å²) in [7, 11) is 1.53. The Kier molecular flexibility index (Phi) is 4.10. The Labute approximate surface area is 119 Å². The van der Waals surface area contributed by atoms with Crippen molar-refractivity contribution in [2.24, 2.45) is 7.05 Å². The molecule has 1 N–H and O–H groups in total. The zero-order valence-corrected chi connectivity index (χ0v) is 12.6. The van der Waals surface area contributed by atoms with Crippen LogP contribution in [-0.4, -0.2) is 36.6 Å². The summed E-state index contributed by atoms with van der Waals surface area (Å²) in [5.74, 6) is 0. The van der Waals surface area contributed by atoms with Gasteiger partial charge in [-0.3, -0.25) is 4.68 Å².